The molecule has 4 aliphatic heterocycles. The van der Waals surface area contributed by atoms with Crippen molar-refractivity contribution in [3.05, 3.63) is 63.6 Å². The van der Waals surface area contributed by atoms with Crippen LogP contribution in [0.4, 0.5) is 15.3 Å². The van der Waals surface area contributed by atoms with E-state index >= 15 is 0 Å². The third-order valence-corrected chi connectivity index (χ3v) is 12.6. The topological polar surface area (TPSA) is 147 Å². The van der Waals surface area contributed by atoms with Crippen LogP contribution < -0.4 is 11.1 Å². The summed E-state index contributed by atoms with van der Waals surface area (Å²) in [4.78, 5) is 73.4. The number of benzene rings is 2. The number of rotatable bonds is 11. The number of ether oxygens (including phenoxy) is 2. The monoisotopic (exact) mass is 830 g/mol. The lowest BCUT2D eigenvalue weighted by Crippen LogP contribution is -2.52. The first kappa shape index (κ1) is 44.7. The summed E-state index contributed by atoms with van der Waals surface area (Å²) >= 11 is 0. The second kappa shape index (κ2) is 21.1. The fourth-order valence-electron chi connectivity index (χ4n) is 9.37. The van der Waals surface area contributed by atoms with Crippen molar-refractivity contribution in [2.24, 2.45) is 18.9 Å². The minimum atomic E-state index is -1.05. The molecule has 3 fully saturated rings. The van der Waals surface area contributed by atoms with Crippen molar-refractivity contribution in [1.29, 1.82) is 0 Å². The molecule has 5 heterocycles. The van der Waals surface area contributed by atoms with Gasteiger partial charge in [-0.05, 0) is 112 Å². The average Bonchev–Trinajstić information content (AvgIpc) is 3.43. The SMILES string of the molecule is CCC.CCCOC(=O)CCN1CCC(C2CCN(C(=O)[C@@H](Cc3cc(C)c4c(c3)oc(=O)n4C)OC(=O)N3CCC(N4CCc5ccccc5NC4=O)CC3)CC2)CC1. The molecule has 4 amide bonds. The Morgan fingerprint density at radius 3 is 2.20 bits per heavy atom. The number of anilines is 1. The van der Waals surface area contributed by atoms with Crippen molar-refractivity contribution in [3.8, 4) is 0 Å². The van der Waals surface area contributed by atoms with Gasteiger partial charge in [0.15, 0.2) is 11.7 Å². The van der Waals surface area contributed by atoms with Gasteiger partial charge in [-0.3, -0.25) is 14.2 Å². The molecule has 2 aromatic carbocycles. The number of urea groups is 1. The molecule has 7 rings (SSSR count). The lowest BCUT2D eigenvalue weighted by Gasteiger charge is -2.41. The van der Waals surface area contributed by atoms with Crippen LogP contribution in [0.1, 0.15) is 95.2 Å². The quantitative estimate of drug-likeness (QED) is 0.207. The number of likely N-dealkylation sites (tertiary alicyclic amines) is 3. The van der Waals surface area contributed by atoms with Crippen LogP contribution in [-0.2, 0) is 39.0 Å². The molecule has 0 aliphatic carbocycles. The van der Waals surface area contributed by atoms with Gasteiger partial charge in [-0.15, -0.1) is 0 Å². The number of piperidine rings is 3. The van der Waals surface area contributed by atoms with Gasteiger partial charge in [-0.25, -0.2) is 14.4 Å². The van der Waals surface area contributed by atoms with E-state index in [0.717, 1.165) is 80.5 Å². The molecule has 14 nitrogen and oxygen atoms in total. The van der Waals surface area contributed by atoms with Gasteiger partial charge < -0.3 is 38.8 Å². The molecule has 60 heavy (non-hydrogen) atoms. The summed E-state index contributed by atoms with van der Waals surface area (Å²) in [6, 6.07) is 11.4. The van der Waals surface area contributed by atoms with E-state index in [-0.39, 0.29) is 30.4 Å². The molecule has 4 aliphatic rings. The Hall–Kier alpha value is -4.85. The highest BCUT2D eigenvalue weighted by molar-refractivity contribution is 5.91. The maximum Gasteiger partial charge on any atom is 0.419 e. The maximum atomic E-state index is 14.3. The van der Waals surface area contributed by atoms with E-state index in [9.17, 15) is 24.0 Å². The number of fused-ring (bicyclic) bond motifs is 2. The Bertz CT molecular complexity index is 1990. The number of para-hydroxylation sites is 1. The number of carbonyl (C=O) groups is 4. The van der Waals surface area contributed by atoms with Crippen molar-refractivity contribution < 1.29 is 33.1 Å². The first-order valence-corrected chi connectivity index (χ1v) is 22.4. The predicted octanol–water partition coefficient (Wildman–Crippen LogP) is 6.75. The van der Waals surface area contributed by atoms with Crippen molar-refractivity contribution in [1.82, 2.24) is 24.2 Å². The van der Waals surface area contributed by atoms with Gasteiger partial charge in [0.2, 0.25) is 0 Å². The van der Waals surface area contributed by atoms with E-state index in [1.165, 1.54) is 11.0 Å². The smallest absolute Gasteiger partial charge is 0.419 e. The van der Waals surface area contributed by atoms with E-state index < -0.39 is 18.0 Å². The lowest BCUT2D eigenvalue weighted by molar-refractivity contribution is -0.144. The molecule has 0 radical (unpaired) electrons. The largest absolute Gasteiger partial charge is 0.466 e. The zero-order valence-electron chi connectivity index (χ0n) is 36.4. The number of aromatic nitrogens is 1. The van der Waals surface area contributed by atoms with Crippen LogP contribution >= 0.6 is 0 Å². The van der Waals surface area contributed by atoms with E-state index in [4.69, 9.17) is 13.9 Å². The second-order valence-electron chi connectivity index (χ2n) is 17.0. The molecule has 328 valence electrons. The third kappa shape index (κ3) is 11.1. The number of hydrogen-bond donors (Lipinski definition) is 1. The van der Waals surface area contributed by atoms with Crippen molar-refractivity contribution in [2.45, 2.75) is 110 Å². The third-order valence-electron chi connectivity index (χ3n) is 12.6. The van der Waals surface area contributed by atoms with E-state index in [1.54, 1.807) is 18.0 Å². The maximum absolute atomic E-state index is 14.3. The molecule has 0 saturated carbocycles. The Labute approximate surface area is 354 Å². The summed E-state index contributed by atoms with van der Waals surface area (Å²) in [5.74, 6) is 0.287. The molecule has 1 N–H and O–H groups in total. The van der Waals surface area contributed by atoms with Crippen molar-refractivity contribution >= 4 is 40.8 Å². The average molecular weight is 831 g/mol. The summed E-state index contributed by atoms with van der Waals surface area (Å²) in [7, 11) is 1.66. The van der Waals surface area contributed by atoms with Gasteiger partial charge in [-0.2, -0.15) is 0 Å². The van der Waals surface area contributed by atoms with Crippen LogP contribution in [-0.4, -0.2) is 119 Å². The highest BCUT2D eigenvalue weighted by atomic mass is 16.6. The molecular weight excluding hydrogens is 765 g/mol. The Morgan fingerprint density at radius 1 is 0.867 bits per heavy atom. The van der Waals surface area contributed by atoms with Gasteiger partial charge in [-0.1, -0.05) is 51.5 Å². The fourth-order valence-corrected chi connectivity index (χ4v) is 9.37. The second-order valence-corrected chi connectivity index (χ2v) is 17.0. The molecule has 14 heteroatoms. The molecule has 3 aromatic rings. The van der Waals surface area contributed by atoms with E-state index in [1.807, 2.05) is 54.0 Å². The molecule has 1 atom stereocenters. The van der Waals surface area contributed by atoms with Crippen LogP contribution in [0.15, 0.2) is 45.6 Å². The molecular formula is C46H66N6O8. The normalized spacial score (nSPS) is 18.9. The summed E-state index contributed by atoms with van der Waals surface area (Å²) in [6.45, 7) is 13.9. The van der Waals surface area contributed by atoms with Crippen LogP contribution in [0, 0.1) is 18.8 Å². The number of nitrogens with one attached hydrogen (secondary N) is 1. The zero-order valence-corrected chi connectivity index (χ0v) is 36.4. The van der Waals surface area contributed by atoms with Gasteiger partial charge >= 0.3 is 23.8 Å². The number of carbonyl (C=O) groups excluding carboxylic acids is 4. The predicted molar refractivity (Wildman–Crippen MR) is 231 cm³/mol. The van der Waals surface area contributed by atoms with Gasteiger partial charge in [0.1, 0.15) is 0 Å². The van der Waals surface area contributed by atoms with Gasteiger partial charge in [0.05, 0.1) is 18.5 Å². The summed E-state index contributed by atoms with van der Waals surface area (Å²) in [6.07, 6.45) is 6.98. The summed E-state index contributed by atoms with van der Waals surface area (Å²) in [5, 5.41) is 3.05. The zero-order chi connectivity index (χ0) is 42.8. The summed E-state index contributed by atoms with van der Waals surface area (Å²) < 4.78 is 18.3. The molecule has 0 unspecified atom stereocenters. The highest BCUT2D eigenvalue weighted by Gasteiger charge is 2.37. The number of hydrogen-bond acceptors (Lipinski definition) is 9. The van der Waals surface area contributed by atoms with Crippen molar-refractivity contribution in [3.63, 3.8) is 0 Å². The number of aryl methyl sites for hydroxylation is 2. The number of amides is 4. The Balaban J connectivity index is 0.00000195. The fraction of sp³-hybridized carbons (Fsp3) is 0.630. The van der Waals surface area contributed by atoms with Crippen LogP contribution in [0.25, 0.3) is 11.1 Å². The molecule has 0 bridgehead atoms. The van der Waals surface area contributed by atoms with Crippen LogP contribution in [0.2, 0.25) is 0 Å². The number of oxazole rings is 1. The standard InChI is InChI=1S/C43H58N6O8.C3H8/c1-4-25-55-38(50)16-19-46-17-9-31(10-18-46)32-11-20-47(21-12-32)40(51)37(28-30-26-29(2)39-36(27-30)56-42(53)45(39)3)57-43(54)48-22-14-34(15-23-48)49-24-13-33-7-5-6-8-35(33)44-41(49)52;1-3-2/h5-8,26-27,31-32,34,37H,4,9-25,28H2,1-3H3,(H,44,52);3H2,1-2H3/t37-;/m1./s1. The van der Waals surface area contributed by atoms with Gasteiger partial charge in [0.25, 0.3) is 5.91 Å². The number of nitrogens with zero attached hydrogens (tertiary/aromatic N) is 5. The van der Waals surface area contributed by atoms with Gasteiger partial charge in [0, 0.05) is 64.5 Å². The summed E-state index contributed by atoms with van der Waals surface area (Å²) in [5.41, 5.74) is 4.65. The number of esters is 1. The molecule has 0 spiro atoms. The first-order valence-electron chi connectivity index (χ1n) is 22.4. The Kier molecular flexibility index (Phi) is 15.7. The van der Waals surface area contributed by atoms with Crippen LogP contribution in [0.5, 0.6) is 0 Å². The first-order chi connectivity index (χ1) is 29.0. The molecule has 3 saturated heterocycles. The molecule has 1 aromatic heterocycles. The van der Waals surface area contributed by atoms with Crippen molar-refractivity contribution in [2.75, 3.05) is 64.3 Å². The van der Waals surface area contributed by atoms with Crippen LogP contribution in [0.3, 0.4) is 0 Å². The highest BCUT2D eigenvalue weighted by Crippen LogP contribution is 2.33. The van der Waals surface area contributed by atoms with E-state index in [0.29, 0.717) is 81.5 Å². The van der Waals surface area contributed by atoms with E-state index in [2.05, 4.69) is 24.1 Å². The minimum absolute atomic E-state index is 0.0149. The lowest BCUT2D eigenvalue weighted by atomic mass is 9.78. The minimum Gasteiger partial charge on any atom is -0.466 e. The Morgan fingerprint density at radius 2 is 1.52 bits per heavy atom.